The minimum absolute atomic E-state index is 0.0609. The molecule has 0 saturated carbocycles. The lowest BCUT2D eigenvalue weighted by Gasteiger charge is -2.13. The predicted octanol–water partition coefficient (Wildman–Crippen LogP) is 2.80. The van der Waals surface area contributed by atoms with Gasteiger partial charge in [0.15, 0.2) is 11.4 Å². The van der Waals surface area contributed by atoms with Crippen molar-refractivity contribution in [3.05, 3.63) is 70.1 Å². The highest BCUT2D eigenvalue weighted by Crippen LogP contribution is 2.26. The Bertz CT molecular complexity index is 956. The van der Waals surface area contributed by atoms with Gasteiger partial charge in [0.2, 0.25) is 0 Å². The fraction of sp³-hybridized carbons (Fsp3) is 0.111. The average molecular weight is 308 g/mol. The number of carbonyl (C=O) groups is 1. The van der Waals surface area contributed by atoms with Gasteiger partial charge in [0.25, 0.3) is 11.5 Å². The molecular weight excluding hydrogens is 292 g/mol. The van der Waals surface area contributed by atoms with E-state index in [-0.39, 0.29) is 17.0 Å². The van der Waals surface area contributed by atoms with E-state index in [1.807, 2.05) is 19.1 Å². The third-order valence-electron chi connectivity index (χ3n) is 3.80. The SMILES string of the molecule is Cc1ccc(NC(=O)c2c(O)c3ccccc3c(=O)n2C)cc1. The number of nitrogens with one attached hydrogen (secondary N) is 1. The third kappa shape index (κ3) is 2.57. The first kappa shape index (κ1) is 14.8. The van der Waals surface area contributed by atoms with Crippen LogP contribution in [0.4, 0.5) is 5.69 Å². The molecule has 0 aliphatic heterocycles. The minimum atomic E-state index is -0.531. The zero-order valence-electron chi connectivity index (χ0n) is 12.8. The van der Waals surface area contributed by atoms with Crippen LogP contribution >= 0.6 is 0 Å². The van der Waals surface area contributed by atoms with E-state index in [1.165, 1.54) is 11.6 Å². The third-order valence-corrected chi connectivity index (χ3v) is 3.80. The highest BCUT2D eigenvalue weighted by Gasteiger charge is 2.20. The van der Waals surface area contributed by atoms with Gasteiger partial charge >= 0.3 is 0 Å². The lowest BCUT2D eigenvalue weighted by atomic mass is 10.1. The summed E-state index contributed by atoms with van der Waals surface area (Å²) in [7, 11) is 1.47. The lowest BCUT2D eigenvalue weighted by molar-refractivity contribution is 0.101. The molecule has 0 radical (unpaired) electrons. The summed E-state index contributed by atoms with van der Waals surface area (Å²) in [6.07, 6.45) is 0. The number of aromatic hydroxyl groups is 1. The summed E-state index contributed by atoms with van der Waals surface area (Å²) in [5.74, 6) is -0.732. The summed E-state index contributed by atoms with van der Waals surface area (Å²) in [6.45, 7) is 1.95. The van der Waals surface area contributed by atoms with Crippen LogP contribution in [-0.4, -0.2) is 15.6 Å². The standard InChI is InChI=1S/C18H16N2O3/c1-11-7-9-12(10-8-11)19-17(22)15-16(21)13-5-3-4-6-14(13)18(23)20(15)2/h3-10,21H,1-2H3,(H,19,22). The first-order valence-electron chi connectivity index (χ1n) is 7.17. The van der Waals surface area contributed by atoms with E-state index in [4.69, 9.17) is 0 Å². The van der Waals surface area contributed by atoms with Crippen LogP contribution in [0.15, 0.2) is 53.3 Å². The number of carbonyl (C=O) groups excluding carboxylic acids is 1. The Morgan fingerprint density at radius 3 is 2.30 bits per heavy atom. The van der Waals surface area contributed by atoms with Crippen LogP contribution in [0.1, 0.15) is 16.1 Å². The summed E-state index contributed by atoms with van der Waals surface area (Å²) >= 11 is 0. The zero-order valence-corrected chi connectivity index (χ0v) is 12.8. The second-order valence-corrected chi connectivity index (χ2v) is 5.43. The van der Waals surface area contributed by atoms with Gasteiger partial charge in [-0.1, -0.05) is 35.9 Å². The summed E-state index contributed by atoms with van der Waals surface area (Å²) in [4.78, 5) is 24.9. The Kier molecular flexibility index (Phi) is 3.62. The van der Waals surface area contributed by atoms with E-state index in [0.29, 0.717) is 16.5 Å². The molecule has 0 spiro atoms. The van der Waals surface area contributed by atoms with Crippen molar-refractivity contribution in [3.63, 3.8) is 0 Å². The van der Waals surface area contributed by atoms with Gasteiger partial charge in [-0.25, -0.2) is 0 Å². The Morgan fingerprint density at radius 2 is 1.65 bits per heavy atom. The first-order valence-corrected chi connectivity index (χ1v) is 7.17. The Balaban J connectivity index is 2.10. The molecule has 3 rings (SSSR count). The Hall–Kier alpha value is -3.08. The van der Waals surface area contributed by atoms with E-state index < -0.39 is 5.91 Å². The maximum Gasteiger partial charge on any atom is 0.276 e. The van der Waals surface area contributed by atoms with Crippen molar-refractivity contribution in [2.24, 2.45) is 7.05 Å². The van der Waals surface area contributed by atoms with E-state index in [2.05, 4.69) is 5.32 Å². The molecule has 1 heterocycles. The van der Waals surface area contributed by atoms with E-state index in [1.54, 1.807) is 36.4 Å². The van der Waals surface area contributed by atoms with Crippen molar-refractivity contribution in [1.29, 1.82) is 0 Å². The molecule has 0 aliphatic rings. The molecule has 0 atom stereocenters. The molecule has 116 valence electrons. The normalized spacial score (nSPS) is 10.7. The second kappa shape index (κ2) is 5.61. The van der Waals surface area contributed by atoms with E-state index >= 15 is 0 Å². The van der Waals surface area contributed by atoms with Gasteiger partial charge in [-0.15, -0.1) is 0 Å². The van der Waals surface area contributed by atoms with Crippen LogP contribution in [0, 0.1) is 6.92 Å². The molecule has 0 saturated heterocycles. The monoisotopic (exact) mass is 308 g/mol. The maximum absolute atomic E-state index is 12.5. The molecule has 3 aromatic rings. The van der Waals surface area contributed by atoms with Crippen LogP contribution in [0.5, 0.6) is 5.75 Å². The first-order chi connectivity index (χ1) is 11.0. The number of hydrogen-bond acceptors (Lipinski definition) is 3. The van der Waals surface area contributed by atoms with Gasteiger partial charge in [0.1, 0.15) is 0 Å². The summed E-state index contributed by atoms with van der Waals surface area (Å²) < 4.78 is 1.17. The van der Waals surface area contributed by atoms with Crippen LogP contribution in [0.3, 0.4) is 0 Å². The van der Waals surface area contributed by atoms with Crippen LogP contribution in [-0.2, 0) is 7.05 Å². The number of benzene rings is 2. The Labute approximate surface area is 132 Å². The molecular formula is C18H16N2O3. The average Bonchev–Trinajstić information content (AvgIpc) is 2.55. The molecule has 2 N–H and O–H groups in total. The van der Waals surface area contributed by atoms with Gasteiger partial charge in [0.05, 0.1) is 5.39 Å². The van der Waals surface area contributed by atoms with Crippen molar-refractivity contribution in [2.75, 3.05) is 5.32 Å². The fourth-order valence-corrected chi connectivity index (χ4v) is 2.53. The number of fused-ring (bicyclic) bond motifs is 1. The lowest BCUT2D eigenvalue weighted by Crippen LogP contribution is -2.26. The molecule has 0 unspecified atom stereocenters. The van der Waals surface area contributed by atoms with Gasteiger partial charge in [-0.2, -0.15) is 0 Å². The molecule has 23 heavy (non-hydrogen) atoms. The molecule has 5 heteroatoms. The van der Waals surface area contributed by atoms with Crippen molar-refractivity contribution in [2.45, 2.75) is 6.92 Å². The van der Waals surface area contributed by atoms with Crippen LogP contribution < -0.4 is 10.9 Å². The van der Waals surface area contributed by atoms with Gasteiger partial charge in [-0.3, -0.25) is 9.59 Å². The number of rotatable bonds is 2. The zero-order chi connectivity index (χ0) is 16.6. The smallest absolute Gasteiger partial charge is 0.276 e. The summed E-state index contributed by atoms with van der Waals surface area (Å²) in [6, 6.07) is 13.9. The van der Waals surface area contributed by atoms with Crippen LogP contribution in [0.2, 0.25) is 0 Å². The van der Waals surface area contributed by atoms with Gasteiger partial charge in [0, 0.05) is 18.1 Å². The van der Waals surface area contributed by atoms with Crippen molar-refractivity contribution >= 4 is 22.4 Å². The van der Waals surface area contributed by atoms with Crippen LogP contribution in [0.25, 0.3) is 10.8 Å². The highest BCUT2D eigenvalue weighted by atomic mass is 16.3. The number of amides is 1. The molecule has 5 nitrogen and oxygen atoms in total. The molecule has 0 fully saturated rings. The second-order valence-electron chi connectivity index (χ2n) is 5.43. The van der Waals surface area contributed by atoms with E-state index in [0.717, 1.165) is 5.56 Å². The molecule has 0 bridgehead atoms. The maximum atomic E-state index is 12.5. The van der Waals surface area contributed by atoms with Crippen molar-refractivity contribution in [1.82, 2.24) is 4.57 Å². The number of hydrogen-bond donors (Lipinski definition) is 2. The quantitative estimate of drug-likeness (QED) is 0.764. The predicted molar refractivity (Wildman–Crippen MR) is 90.0 cm³/mol. The largest absolute Gasteiger partial charge is 0.505 e. The highest BCUT2D eigenvalue weighted by molar-refractivity contribution is 6.08. The molecule has 1 aromatic heterocycles. The molecule has 1 amide bonds. The number of aromatic nitrogens is 1. The Morgan fingerprint density at radius 1 is 1.04 bits per heavy atom. The van der Waals surface area contributed by atoms with E-state index in [9.17, 15) is 14.7 Å². The number of anilines is 1. The number of aryl methyl sites for hydroxylation is 1. The number of nitrogens with zero attached hydrogens (tertiary/aromatic N) is 1. The molecule has 2 aromatic carbocycles. The number of pyridine rings is 1. The van der Waals surface area contributed by atoms with Gasteiger partial charge in [-0.05, 0) is 25.1 Å². The van der Waals surface area contributed by atoms with Gasteiger partial charge < -0.3 is 15.0 Å². The topological polar surface area (TPSA) is 71.3 Å². The summed E-state index contributed by atoms with van der Waals surface area (Å²) in [5, 5.41) is 13.9. The van der Waals surface area contributed by atoms with Crippen molar-refractivity contribution in [3.8, 4) is 5.75 Å². The minimum Gasteiger partial charge on any atom is -0.505 e. The van der Waals surface area contributed by atoms with Crippen molar-refractivity contribution < 1.29 is 9.90 Å². The molecule has 0 aliphatic carbocycles. The fourth-order valence-electron chi connectivity index (χ4n) is 2.53. The summed E-state index contributed by atoms with van der Waals surface area (Å²) in [5.41, 5.74) is 1.28.